The van der Waals surface area contributed by atoms with Crippen LogP contribution in [0.5, 0.6) is 0 Å². The van der Waals surface area contributed by atoms with Crippen LogP contribution in [0.1, 0.15) is 110 Å². The summed E-state index contributed by atoms with van der Waals surface area (Å²) in [6.45, 7) is 4.87. The maximum atomic E-state index is 13.3. The molecular weight excluding hydrogens is 603 g/mol. The number of hydrogen-bond acceptors (Lipinski definition) is 10. The van der Waals surface area contributed by atoms with Gasteiger partial charge in [0.15, 0.2) is 0 Å². The normalized spacial score (nSPS) is 13.0. The van der Waals surface area contributed by atoms with Crippen LogP contribution in [-0.2, 0) is 34.4 Å². The Labute approximate surface area is 268 Å². The van der Waals surface area contributed by atoms with Crippen LogP contribution in [-0.4, -0.2) is 66.3 Å². The number of allylic oxidation sites excluding steroid dienone is 2. The summed E-state index contributed by atoms with van der Waals surface area (Å²) in [7, 11) is -3.62. The first-order chi connectivity index (χ1) is 21.8. The third-order valence-electron chi connectivity index (χ3n) is 6.87. The molecule has 0 amide bonds. The van der Waals surface area contributed by atoms with Gasteiger partial charge in [-0.25, -0.2) is 9.59 Å². The van der Waals surface area contributed by atoms with Gasteiger partial charge >= 0.3 is 19.4 Å². The molecule has 0 aliphatic rings. The van der Waals surface area contributed by atoms with Crippen molar-refractivity contribution < 1.29 is 37.7 Å². The minimum atomic E-state index is -3.62. The fourth-order valence-corrected chi connectivity index (χ4v) is 5.72. The molecule has 0 bridgehead atoms. The van der Waals surface area contributed by atoms with Gasteiger partial charge in [0.2, 0.25) is 6.79 Å². The van der Waals surface area contributed by atoms with Crippen LogP contribution in [0.3, 0.4) is 0 Å². The molecule has 0 aliphatic heterocycles. The van der Waals surface area contributed by atoms with Crippen molar-refractivity contribution in [2.45, 2.75) is 123 Å². The average molecular weight is 661 g/mol. The molecule has 1 rings (SSSR count). The lowest BCUT2D eigenvalue weighted by Crippen LogP contribution is -2.28. The predicted molar refractivity (Wildman–Crippen MR) is 175 cm³/mol. The van der Waals surface area contributed by atoms with Gasteiger partial charge in [-0.05, 0) is 33.1 Å². The number of aliphatic hydroxyl groups excluding tert-OH is 1. The van der Waals surface area contributed by atoms with Gasteiger partial charge in [0.25, 0.3) is 5.56 Å². The van der Waals surface area contributed by atoms with Crippen LogP contribution in [0.4, 0.5) is 4.79 Å². The number of nitrogens with one attached hydrogen (secondary N) is 1. The molecular formula is C32H57N2O10P. The van der Waals surface area contributed by atoms with Gasteiger partial charge < -0.3 is 23.8 Å². The molecule has 0 fully saturated rings. The van der Waals surface area contributed by atoms with E-state index >= 15 is 0 Å². The topological polar surface area (TPSA) is 155 Å². The Balaban J connectivity index is 2.19. The van der Waals surface area contributed by atoms with Crippen molar-refractivity contribution in [1.29, 1.82) is 0 Å². The first kappa shape index (κ1) is 40.8. The van der Waals surface area contributed by atoms with Crippen LogP contribution in [0.15, 0.2) is 34.0 Å². The molecule has 0 aromatic carbocycles. The second-order valence-corrected chi connectivity index (χ2v) is 13.4. The highest BCUT2D eigenvalue weighted by Gasteiger charge is 2.24. The number of rotatable bonds is 29. The van der Waals surface area contributed by atoms with Crippen molar-refractivity contribution in [1.82, 2.24) is 9.55 Å². The van der Waals surface area contributed by atoms with Crippen LogP contribution in [0.2, 0.25) is 0 Å². The number of ether oxygens (including phenoxy) is 3. The number of aromatic amines is 1. The standard InChI is InChI=1S/C32H57N2O10P/c1-29(2)44-32(38)41-28-43-45(39,27-18-15-21-34-22-20-30(36)33-31(34)37)42-26-17-14-12-10-8-6-4-3-5-7-9-11-13-16-24-40-25-19-23-35/h15,18,20,22,29,35H,3-14,16-17,19,21,23-28H2,1-2H3,(H,33,36,37)/b18-15+. The van der Waals surface area contributed by atoms with Crippen molar-refractivity contribution >= 4 is 13.8 Å². The van der Waals surface area contributed by atoms with Gasteiger partial charge in [-0.3, -0.25) is 23.4 Å². The summed E-state index contributed by atoms with van der Waals surface area (Å²) in [5.41, 5.74) is -1.03. The summed E-state index contributed by atoms with van der Waals surface area (Å²) in [4.78, 5) is 36.8. The largest absolute Gasteiger partial charge is 0.510 e. The zero-order valence-corrected chi connectivity index (χ0v) is 28.4. The van der Waals surface area contributed by atoms with E-state index in [9.17, 15) is 18.9 Å². The zero-order chi connectivity index (χ0) is 33.0. The summed E-state index contributed by atoms with van der Waals surface area (Å²) >= 11 is 0. The molecule has 13 heteroatoms. The van der Waals surface area contributed by atoms with Gasteiger partial charge in [0.05, 0.1) is 18.9 Å². The smallest absolute Gasteiger partial charge is 0.432 e. The highest BCUT2D eigenvalue weighted by molar-refractivity contribution is 7.54. The Morgan fingerprint density at radius 2 is 1.40 bits per heavy atom. The first-order valence-corrected chi connectivity index (χ1v) is 18.3. The number of unbranched alkanes of at least 4 members (excludes halogenated alkanes) is 13. The molecule has 0 spiro atoms. The van der Waals surface area contributed by atoms with Gasteiger partial charge in [-0.15, -0.1) is 0 Å². The highest BCUT2D eigenvalue weighted by Crippen LogP contribution is 2.48. The zero-order valence-electron chi connectivity index (χ0n) is 27.5. The van der Waals surface area contributed by atoms with E-state index in [0.29, 0.717) is 6.61 Å². The van der Waals surface area contributed by atoms with Crippen LogP contribution < -0.4 is 11.2 Å². The van der Waals surface area contributed by atoms with E-state index in [1.54, 1.807) is 26.0 Å². The fourth-order valence-electron chi connectivity index (χ4n) is 4.40. The minimum absolute atomic E-state index is 0.0746. The second-order valence-electron chi connectivity index (χ2n) is 11.3. The Morgan fingerprint density at radius 3 is 1.96 bits per heavy atom. The molecule has 12 nitrogen and oxygen atoms in total. The summed E-state index contributed by atoms with van der Waals surface area (Å²) in [6, 6.07) is 1.24. The lowest BCUT2D eigenvalue weighted by atomic mass is 10.0. The van der Waals surface area contributed by atoms with Gasteiger partial charge in [0, 0.05) is 38.6 Å². The summed E-state index contributed by atoms with van der Waals surface area (Å²) in [5, 5.41) is 8.72. The van der Waals surface area contributed by atoms with Crippen LogP contribution >= 0.6 is 7.60 Å². The van der Waals surface area contributed by atoms with E-state index in [1.807, 2.05) is 0 Å². The van der Waals surface area contributed by atoms with Gasteiger partial charge in [0.1, 0.15) is 0 Å². The maximum absolute atomic E-state index is 13.3. The molecule has 260 valence electrons. The van der Waals surface area contributed by atoms with Gasteiger partial charge in [-0.1, -0.05) is 89.2 Å². The number of nitrogens with zero attached hydrogens (tertiary/aromatic N) is 1. The number of hydrogen-bond donors (Lipinski definition) is 2. The van der Waals surface area contributed by atoms with Crippen LogP contribution in [0, 0.1) is 0 Å². The minimum Gasteiger partial charge on any atom is -0.432 e. The summed E-state index contributed by atoms with van der Waals surface area (Å²) in [6.07, 6.45) is 20.4. The van der Waals surface area contributed by atoms with E-state index in [4.69, 9.17) is 28.4 Å². The van der Waals surface area contributed by atoms with Crippen molar-refractivity contribution in [3.8, 4) is 0 Å². The van der Waals surface area contributed by atoms with Crippen LogP contribution in [0.25, 0.3) is 0 Å². The number of carbonyl (C=O) groups excluding carboxylic acids is 1. The predicted octanol–water partition coefficient (Wildman–Crippen LogP) is 6.70. The van der Waals surface area contributed by atoms with E-state index in [2.05, 4.69) is 4.98 Å². The van der Waals surface area contributed by atoms with Crippen molar-refractivity contribution in [3.63, 3.8) is 0 Å². The Kier molecular flexibility index (Phi) is 24.4. The molecule has 2 N–H and O–H groups in total. The number of aromatic nitrogens is 2. The number of H-pyrrole nitrogens is 1. The fraction of sp³-hybridized carbons (Fsp3) is 0.781. The van der Waals surface area contributed by atoms with Gasteiger partial charge in [-0.2, -0.15) is 0 Å². The quantitative estimate of drug-likeness (QED) is 0.0312. The maximum Gasteiger partial charge on any atom is 0.510 e. The number of carbonyl (C=O) groups is 1. The number of aliphatic hydroxyl groups is 1. The van der Waals surface area contributed by atoms with E-state index < -0.39 is 31.8 Å². The monoisotopic (exact) mass is 660 g/mol. The van der Waals surface area contributed by atoms with Crippen molar-refractivity contribution in [2.24, 2.45) is 0 Å². The summed E-state index contributed by atoms with van der Waals surface area (Å²) in [5.74, 6) is 0. The first-order valence-electron chi connectivity index (χ1n) is 16.6. The third kappa shape index (κ3) is 23.7. The molecule has 1 atom stereocenters. The average Bonchev–Trinajstić information content (AvgIpc) is 2.99. The molecule has 45 heavy (non-hydrogen) atoms. The van der Waals surface area contributed by atoms with Crippen molar-refractivity contribution in [3.05, 3.63) is 45.3 Å². The summed E-state index contributed by atoms with van der Waals surface area (Å²) < 4.78 is 40.7. The molecule has 0 saturated carbocycles. The molecule has 0 aliphatic carbocycles. The lowest BCUT2D eigenvalue weighted by Gasteiger charge is -2.17. The Morgan fingerprint density at radius 1 is 0.844 bits per heavy atom. The molecule has 1 unspecified atom stereocenters. The second kappa shape index (κ2) is 26.9. The molecule has 1 aromatic heterocycles. The Bertz CT molecular complexity index is 1070. The Hall–Kier alpha value is -2.24. The lowest BCUT2D eigenvalue weighted by molar-refractivity contribution is -0.0127. The van der Waals surface area contributed by atoms with Crippen molar-refractivity contribution in [2.75, 3.05) is 39.4 Å². The SMILES string of the molecule is CC(C)OC(=O)OCOP(=O)(C/C=C/Cn1ccc(=O)[nH]c1=O)OCCCCCCCCCCCCCCCCOCCCO. The molecule has 0 radical (unpaired) electrons. The van der Waals surface area contributed by atoms with E-state index in [0.717, 1.165) is 45.1 Å². The molecule has 0 saturated heterocycles. The highest BCUT2D eigenvalue weighted by atomic mass is 31.2. The van der Waals surface area contributed by atoms with E-state index in [-0.39, 0.29) is 32.0 Å². The third-order valence-corrected chi connectivity index (χ3v) is 8.60. The molecule has 1 aromatic rings. The molecule has 1 heterocycles. The van der Waals surface area contributed by atoms with E-state index in [1.165, 1.54) is 74.6 Å².